The van der Waals surface area contributed by atoms with Gasteiger partial charge in [0.05, 0.1) is 0 Å². The summed E-state index contributed by atoms with van der Waals surface area (Å²) in [7, 11) is 0. The molecule has 210 valence electrons. The van der Waals surface area contributed by atoms with Crippen LogP contribution in [-0.2, 0) is 10.8 Å². The Hall–Kier alpha value is -3.44. The topological polar surface area (TPSA) is 35.0 Å². The van der Waals surface area contributed by atoms with Crippen molar-refractivity contribution in [1.82, 2.24) is 9.97 Å². The summed E-state index contributed by atoms with van der Waals surface area (Å²) in [5.41, 5.74) is 6.72. The number of nitrogens with zero attached hydrogens (tertiary/aromatic N) is 2. The molecule has 0 unspecified atom stereocenters. The Balaban J connectivity index is 1.58. The molecule has 0 saturated carbocycles. The van der Waals surface area contributed by atoms with Crippen LogP contribution in [0.2, 0.25) is 17.3 Å². The van der Waals surface area contributed by atoms with E-state index in [1.54, 1.807) is 0 Å². The number of fused-ring (bicyclic) bond motifs is 1. The van der Waals surface area contributed by atoms with Gasteiger partial charge >= 0.3 is 249 Å². The van der Waals surface area contributed by atoms with Crippen molar-refractivity contribution in [3.05, 3.63) is 102 Å². The fraction of sp³-hybridized carbons (Fsp3) is 0.297. The van der Waals surface area contributed by atoms with Gasteiger partial charge in [-0.2, -0.15) is 0 Å². The van der Waals surface area contributed by atoms with Crippen LogP contribution >= 0.6 is 0 Å². The number of hydrogen-bond donors (Lipinski definition) is 0. The number of aromatic nitrogens is 2. The molecule has 2 aromatic heterocycles. The van der Waals surface area contributed by atoms with Crippen molar-refractivity contribution in [2.45, 2.75) is 69.6 Å². The Bertz CT molecular complexity index is 1720. The predicted octanol–water partition coefficient (Wildman–Crippen LogP) is 9.90. The maximum atomic E-state index is 6.43. The van der Waals surface area contributed by atoms with Gasteiger partial charge in [0.15, 0.2) is 0 Å². The van der Waals surface area contributed by atoms with Crippen LogP contribution in [0.3, 0.4) is 0 Å². The Morgan fingerprint density at radius 3 is 2.00 bits per heavy atom. The number of ether oxygens (including phenoxy) is 1. The third-order valence-corrected chi connectivity index (χ3v) is 11.8. The molecule has 0 aliphatic rings. The van der Waals surface area contributed by atoms with Crippen LogP contribution in [0.1, 0.15) is 52.7 Å². The van der Waals surface area contributed by atoms with Gasteiger partial charge in [-0.05, 0) is 0 Å². The van der Waals surface area contributed by atoms with E-state index in [2.05, 4.69) is 132 Å². The first kappa shape index (κ1) is 29.1. The van der Waals surface area contributed by atoms with Crippen molar-refractivity contribution in [1.29, 1.82) is 0 Å². The van der Waals surface area contributed by atoms with Crippen molar-refractivity contribution < 1.29 is 4.74 Å². The molecule has 0 saturated heterocycles. The summed E-state index contributed by atoms with van der Waals surface area (Å²) >= 11 is -2.24. The average molecular weight is 603 g/mol. The molecule has 0 N–H and O–H groups in total. The molecule has 0 radical (unpaired) electrons. The predicted molar refractivity (Wildman–Crippen MR) is 177 cm³/mol. The fourth-order valence-corrected chi connectivity index (χ4v) is 7.46. The first-order valence-corrected chi connectivity index (χ1v) is 21.8. The van der Waals surface area contributed by atoms with E-state index in [9.17, 15) is 0 Å². The minimum absolute atomic E-state index is 0.00302. The molecule has 0 fully saturated rings. The molecule has 0 spiro atoms. The molecule has 2 heterocycles. The zero-order chi connectivity index (χ0) is 29.6. The monoisotopic (exact) mass is 604 g/mol. The number of rotatable bonds is 5. The van der Waals surface area contributed by atoms with Gasteiger partial charge < -0.3 is 0 Å². The van der Waals surface area contributed by atoms with E-state index in [1.165, 1.54) is 26.3 Å². The molecule has 3 aromatic carbocycles. The summed E-state index contributed by atoms with van der Waals surface area (Å²) in [4.78, 5) is 9.96. The van der Waals surface area contributed by atoms with Gasteiger partial charge in [0.2, 0.25) is 0 Å². The third kappa shape index (κ3) is 6.57. The molecule has 0 amide bonds. The van der Waals surface area contributed by atoms with Crippen molar-refractivity contribution in [3.63, 3.8) is 0 Å². The van der Waals surface area contributed by atoms with Gasteiger partial charge in [-0.1, -0.05) is 0 Å². The molecule has 0 atom stereocenters. The summed E-state index contributed by atoms with van der Waals surface area (Å²) in [6.07, 6.45) is 0. The number of hydrogen-bond acceptors (Lipinski definition) is 3. The Labute approximate surface area is 248 Å². The zero-order valence-corrected chi connectivity index (χ0v) is 28.1. The zero-order valence-electron chi connectivity index (χ0n) is 26.0. The SMILES string of the molecule is CC(C)(C)c1cccc(-c2cccc(Oc3c[c]([Ge]([CH3])([CH3])[CH3])cc(-c4cc(C(C)(C)C)c5ccccc5c4)n3)n2)c1. The van der Waals surface area contributed by atoms with Crippen LogP contribution in [0.4, 0.5) is 0 Å². The quantitative estimate of drug-likeness (QED) is 0.188. The third-order valence-electron chi connectivity index (χ3n) is 7.59. The molecule has 0 aliphatic heterocycles. The van der Waals surface area contributed by atoms with Crippen LogP contribution in [0, 0.1) is 0 Å². The van der Waals surface area contributed by atoms with Crippen LogP contribution in [-0.4, -0.2) is 23.2 Å². The van der Waals surface area contributed by atoms with Gasteiger partial charge in [0.25, 0.3) is 0 Å². The van der Waals surface area contributed by atoms with Crippen LogP contribution in [0.25, 0.3) is 33.3 Å². The van der Waals surface area contributed by atoms with E-state index in [0.717, 1.165) is 22.5 Å². The van der Waals surface area contributed by atoms with E-state index < -0.39 is 13.3 Å². The fourth-order valence-electron chi connectivity index (χ4n) is 5.10. The molecule has 3 nitrogen and oxygen atoms in total. The summed E-state index contributed by atoms with van der Waals surface area (Å²) < 4.78 is 7.78. The first-order chi connectivity index (χ1) is 19.2. The second kappa shape index (κ2) is 10.8. The van der Waals surface area contributed by atoms with Crippen molar-refractivity contribution in [3.8, 4) is 34.3 Å². The average Bonchev–Trinajstić information content (AvgIpc) is 2.91. The van der Waals surface area contributed by atoms with Gasteiger partial charge in [0.1, 0.15) is 0 Å². The van der Waals surface area contributed by atoms with E-state index in [-0.39, 0.29) is 10.8 Å². The minimum atomic E-state index is -2.24. The molecule has 5 aromatic rings. The molecular weight excluding hydrogens is 561 g/mol. The second-order valence-corrected chi connectivity index (χ2v) is 24.8. The van der Waals surface area contributed by atoms with Crippen LogP contribution in [0.15, 0.2) is 91.0 Å². The Kier molecular flexibility index (Phi) is 7.63. The van der Waals surface area contributed by atoms with Crippen molar-refractivity contribution >= 4 is 28.4 Å². The summed E-state index contributed by atoms with van der Waals surface area (Å²) in [6.45, 7) is 13.5. The van der Waals surface area contributed by atoms with Gasteiger partial charge in [-0.25, -0.2) is 0 Å². The van der Waals surface area contributed by atoms with Crippen molar-refractivity contribution in [2.24, 2.45) is 0 Å². The first-order valence-electron chi connectivity index (χ1n) is 14.5. The molecule has 0 aliphatic carbocycles. The molecule has 0 bridgehead atoms. The number of pyridine rings is 2. The molecular formula is C37H42GeN2O. The van der Waals surface area contributed by atoms with Gasteiger partial charge in [-0.3, -0.25) is 0 Å². The van der Waals surface area contributed by atoms with Gasteiger partial charge in [-0.15, -0.1) is 0 Å². The summed E-state index contributed by atoms with van der Waals surface area (Å²) in [6, 6.07) is 32.2. The normalized spacial score (nSPS) is 12.5. The standard InChI is InChI=1S/C37H42GeN2O/c1-36(2,3)28-16-12-15-26(21-28)32-18-13-19-34(39-32)41-35-24-29(38(7,8)9)23-33(40-35)27-20-25-14-10-11-17-30(25)31(22-27)37(4,5)6/h10-24H,1-9H3. The summed E-state index contributed by atoms with van der Waals surface area (Å²) in [5.74, 6) is 8.37. The number of benzene rings is 3. The van der Waals surface area contributed by atoms with E-state index in [0.29, 0.717) is 11.8 Å². The summed E-state index contributed by atoms with van der Waals surface area (Å²) in [5, 5.41) is 2.52. The van der Waals surface area contributed by atoms with Crippen molar-refractivity contribution in [2.75, 3.05) is 0 Å². The second-order valence-electron chi connectivity index (χ2n) is 14.1. The van der Waals surface area contributed by atoms with Crippen LogP contribution in [0.5, 0.6) is 11.8 Å². The molecule has 41 heavy (non-hydrogen) atoms. The maximum absolute atomic E-state index is 6.43. The Morgan fingerprint density at radius 1 is 0.585 bits per heavy atom. The Morgan fingerprint density at radius 2 is 1.29 bits per heavy atom. The molecule has 5 rings (SSSR count). The van der Waals surface area contributed by atoms with Gasteiger partial charge in [0, 0.05) is 0 Å². The van der Waals surface area contributed by atoms with E-state index in [4.69, 9.17) is 14.7 Å². The van der Waals surface area contributed by atoms with E-state index in [1.807, 2.05) is 18.2 Å². The molecule has 4 heteroatoms. The van der Waals surface area contributed by atoms with E-state index >= 15 is 0 Å². The van der Waals surface area contributed by atoms with Crippen LogP contribution < -0.4 is 9.13 Å².